The van der Waals surface area contributed by atoms with Crippen LogP contribution >= 0.6 is 15.9 Å². The molecule has 24 heavy (non-hydrogen) atoms. The lowest BCUT2D eigenvalue weighted by Gasteiger charge is -2.18. The van der Waals surface area contributed by atoms with Crippen LogP contribution in [0.5, 0.6) is 11.5 Å². The summed E-state index contributed by atoms with van der Waals surface area (Å²) in [6, 6.07) is 12.5. The summed E-state index contributed by atoms with van der Waals surface area (Å²) in [5.41, 5.74) is 1.14. The zero-order valence-electron chi connectivity index (χ0n) is 12.7. The van der Waals surface area contributed by atoms with E-state index in [4.69, 9.17) is 9.47 Å². The Morgan fingerprint density at radius 1 is 1.29 bits per heavy atom. The van der Waals surface area contributed by atoms with Crippen molar-refractivity contribution >= 4 is 39.1 Å². The Labute approximate surface area is 147 Å². The van der Waals surface area contributed by atoms with Crippen molar-refractivity contribution in [3.8, 4) is 11.5 Å². The standard InChI is InChI=1S/C17H15BrN2O4/c18-11-2-1-3-13(8-11)23-7-6-16(21)19-12-4-5-15-14(9-12)20-17(22)10-24-15/h1-5,8-9H,6-7,10H2,(H,19,21)(H,20,22). The van der Waals surface area contributed by atoms with Crippen molar-refractivity contribution in [2.75, 3.05) is 23.8 Å². The summed E-state index contributed by atoms with van der Waals surface area (Å²) < 4.78 is 11.7. The molecule has 2 aromatic carbocycles. The van der Waals surface area contributed by atoms with Gasteiger partial charge in [-0.1, -0.05) is 22.0 Å². The maximum atomic E-state index is 12.0. The summed E-state index contributed by atoms with van der Waals surface area (Å²) in [6.07, 6.45) is 0.215. The Morgan fingerprint density at radius 3 is 3.00 bits per heavy atom. The first-order valence-corrected chi connectivity index (χ1v) is 8.14. The Morgan fingerprint density at radius 2 is 2.17 bits per heavy atom. The highest BCUT2D eigenvalue weighted by Gasteiger charge is 2.16. The molecule has 0 bridgehead atoms. The summed E-state index contributed by atoms with van der Waals surface area (Å²) >= 11 is 3.36. The first-order valence-electron chi connectivity index (χ1n) is 7.35. The number of carbonyl (C=O) groups is 2. The van der Waals surface area contributed by atoms with E-state index < -0.39 is 0 Å². The van der Waals surface area contributed by atoms with E-state index in [1.54, 1.807) is 18.2 Å². The molecule has 0 radical (unpaired) electrons. The topological polar surface area (TPSA) is 76.7 Å². The van der Waals surface area contributed by atoms with Crippen molar-refractivity contribution in [2.24, 2.45) is 0 Å². The normalized spacial score (nSPS) is 12.6. The Balaban J connectivity index is 1.52. The minimum absolute atomic E-state index is 0.00560. The van der Waals surface area contributed by atoms with E-state index in [2.05, 4.69) is 26.6 Å². The van der Waals surface area contributed by atoms with Crippen LogP contribution in [0.3, 0.4) is 0 Å². The van der Waals surface area contributed by atoms with Crippen molar-refractivity contribution in [3.05, 3.63) is 46.9 Å². The van der Waals surface area contributed by atoms with Crippen LogP contribution in [0.15, 0.2) is 46.9 Å². The fourth-order valence-corrected chi connectivity index (χ4v) is 2.58. The summed E-state index contributed by atoms with van der Waals surface area (Å²) in [5, 5.41) is 5.47. The number of nitrogens with one attached hydrogen (secondary N) is 2. The van der Waals surface area contributed by atoms with Gasteiger partial charge in [0.15, 0.2) is 6.61 Å². The van der Waals surface area contributed by atoms with E-state index in [1.807, 2.05) is 24.3 Å². The van der Waals surface area contributed by atoms with Crippen LogP contribution in [0.25, 0.3) is 0 Å². The van der Waals surface area contributed by atoms with Crippen molar-refractivity contribution in [1.82, 2.24) is 0 Å². The minimum Gasteiger partial charge on any atom is -0.493 e. The second-order valence-electron chi connectivity index (χ2n) is 5.15. The van der Waals surface area contributed by atoms with Crippen LogP contribution in [0.4, 0.5) is 11.4 Å². The molecule has 6 nitrogen and oxygen atoms in total. The average molecular weight is 391 g/mol. The lowest BCUT2D eigenvalue weighted by molar-refractivity contribution is -0.118. The molecule has 0 saturated heterocycles. The van der Waals surface area contributed by atoms with Crippen LogP contribution in [0, 0.1) is 0 Å². The summed E-state index contributed by atoms with van der Waals surface area (Å²) in [6.45, 7) is 0.277. The lowest BCUT2D eigenvalue weighted by atomic mass is 10.2. The monoisotopic (exact) mass is 390 g/mol. The fourth-order valence-electron chi connectivity index (χ4n) is 2.20. The summed E-state index contributed by atoms with van der Waals surface area (Å²) in [5.74, 6) is 0.901. The second kappa shape index (κ2) is 7.35. The summed E-state index contributed by atoms with van der Waals surface area (Å²) in [4.78, 5) is 23.3. The Kier molecular flexibility index (Phi) is 5.00. The van der Waals surface area contributed by atoms with Gasteiger partial charge in [0.1, 0.15) is 11.5 Å². The Bertz CT molecular complexity index is 779. The van der Waals surface area contributed by atoms with Crippen molar-refractivity contribution < 1.29 is 19.1 Å². The maximum absolute atomic E-state index is 12.0. The minimum atomic E-state index is -0.214. The number of amides is 2. The number of hydrogen-bond donors (Lipinski definition) is 2. The van der Waals surface area contributed by atoms with Gasteiger partial charge < -0.3 is 20.1 Å². The molecule has 0 saturated carbocycles. The van der Waals surface area contributed by atoms with Gasteiger partial charge in [-0.3, -0.25) is 9.59 Å². The number of hydrogen-bond acceptors (Lipinski definition) is 4. The lowest BCUT2D eigenvalue weighted by Crippen LogP contribution is -2.25. The highest BCUT2D eigenvalue weighted by atomic mass is 79.9. The van der Waals surface area contributed by atoms with E-state index in [0.29, 0.717) is 22.9 Å². The van der Waals surface area contributed by atoms with Gasteiger partial charge in [-0.05, 0) is 36.4 Å². The van der Waals surface area contributed by atoms with Crippen molar-refractivity contribution in [2.45, 2.75) is 6.42 Å². The SMILES string of the molecule is O=C(CCOc1cccc(Br)c1)Nc1ccc2c(c1)NC(=O)CO2. The third-order valence-electron chi connectivity index (χ3n) is 3.29. The van der Waals surface area contributed by atoms with Gasteiger partial charge in [0.05, 0.1) is 18.7 Å². The van der Waals surface area contributed by atoms with Crippen molar-refractivity contribution in [3.63, 3.8) is 0 Å². The molecule has 0 fully saturated rings. The molecule has 0 unspecified atom stereocenters. The van der Waals surface area contributed by atoms with Crippen LogP contribution in [-0.4, -0.2) is 25.0 Å². The number of rotatable bonds is 5. The van der Waals surface area contributed by atoms with Gasteiger partial charge in [0.25, 0.3) is 5.91 Å². The predicted molar refractivity (Wildman–Crippen MR) is 93.5 cm³/mol. The number of carbonyl (C=O) groups excluding carboxylic acids is 2. The van der Waals surface area contributed by atoms with Crippen LogP contribution in [0.2, 0.25) is 0 Å². The molecule has 1 heterocycles. The molecular weight excluding hydrogens is 376 g/mol. The van der Waals surface area contributed by atoms with E-state index >= 15 is 0 Å². The van der Waals surface area contributed by atoms with E-state index in [0.717, 1.165) is 4.47 Å². The number of ether oxygens (including phenoxy) is 2. The van der Waals surface area contributed by atoms with Crippen LogP contribution in [-0.2, 0) is 9.59 Å². The van der Waals surface area contributed by atoms with E-state index in [1.165, 1.54) is 0 Å². The number of fused-ring (bicyclic) bond motifs is 1. The molecule has 0 aromatic heterocycles. The highest BCUT2D eigenvalue weighted by Crippen LogP contribution is 2.30. The molecule has 0 aliphatic carbocycles. The zero-order chi connectivity index (χ0) is 16.9. The third-order valence-corrected chi connectivity index (χ3v) is 3.78. The number of benzene rings is 2. The largest absolute Gasteiger partial charge is 0.493 e. The smallest absolute Gasteiger partial charge is 0.262 e. The van der Waals surface area contributed by atoms with E-state index in [-0.39, 0.29) is 31.4 Å². The predicted octanol–water partition coefficient (Wildman–Crippen LogP) is 3.19. The molecule has 1 aliphatic heterocycles. The number of halogens is 1. The molecule has 2 N–H and O–H groups in total. The summed E-state index contributed by atoms with van der Waals surface area (Å²) in [7, 11) is 0. The van der Waals surface area contributed by atoms with E-state index in [9.17, 15) is 9.59 Å². The molecule has 2 aromatic rings. The molecule has 3 rings (SSSR count). The van der Waals surface area contributed by atoms with Gasteiger partial charge in [-0.2, -0.15) is 0 Å². The molecule has 0 spiro atoms. The van der Waals surface area contributed by atoms with Gasteiger partial charge in [0.2, 0.25) is 5.91 Å². The van der Waals surface area contributed by atoms with Gasteiger partial charge >= 0.3 is 0 Å². The zero-order valence-corrected chi connectivity index (χ0v) is 14.3. The molecule has 0 atom stereocenters. The Hall–Kier alpha value is -2.54. The van der Waals surface area contributed by atoms with Crippen LogP contribution in [0.1, 0.15) is 6.42 Å². The maximum Gasteiger partial charge on any atom is 0.262 e. The molecule has 2 amide bonds. The van der Waals surface area contributed by atoms with Gasteiger partial charge in [0, 0.05) is 10.2 Å². The van der Waals surface area contributed by atoms with Crippen molar-refractivity contribution in [1.29, 1.82) is 0 Å². The van der Waals surface area contributed by atoms with Gasteiger partial charge in [-0.25, -0.2) is 0 Å². The molecule has 1 aliphatic rings. The second-order valence-corrected chi connectivity index (χ2v) is 6.07. The van der Waals surface area contributed by atoms with Crippen LogP contribution < -0.4 is 20.1 Å². The first kappa shape index (κ1) is 16.3. The molecule has 124 valence electrons. The fraction of sp³-hybridized carbons (Fsp3) is 0.176. The highest BCUT2D eigenvalue weighted by molar-refractivity contribution is 9.10. The average Bonchev–Trinajstić information content (AvgIpc) is 2.54. The van der Waals surface area contributed by atoms with Gasteiger partial charge in [-0.15, -0.1) is 0 Å². The molecular formula is C17H15BrN2O4. The molecule has 7 heteroatoms. The quantitative estimate of drug-likeness (QED) is 0.821. The first-order chi connectivity index (χ1) is 11.6. The number of anilines is 2. The third kappa shape index (κ3) is 4.26.